The Morgan fingerprint density at radius 1 is 1.15 bits per heavy atom. The number of carbonyl (C=O) groups excluding carboxylic acids is 1. The van der Waals surface area contributed by atoms with Crippen LogP contribution in [0, 0.1) is 0 Å². The van der Waals surface area contributed by atoms with E-state index in [1.165, 1.54) is 25.1 Å². The smallest absolute Gasteiger partial charge is 0.392 e. The maximum absolute atomic E-state index is 15.6. The molecule has 0 aliphatic heterocycles. The maximum Gasteiger partial charge on any atom is 0.392 e. The number of carboxylic acids is 1. The molecule has 0 fully saturated rings. The number of thiophene rings is 1. The fourth-order valence-corrected chi connectivity index (χ4v) is 5.25. The summed E-state index contributed by atoms with van der Waals surface area (Å²) in [5.74, 6) is -3.49. The van der Waals surface area contributed by atoms with Crippen LogP contribution >= 0.6 is 19.6 Å². The van der Waals surface area contributed by atoms with Crippen molar-refractivity contribution in [3.8, 4) is 5.75 Å². The summed E-state index contributed by atoms with van der Waals surface area (Å²) < 4.78 is 63.6. The lowest BCUT2D eigenvalue weighted by Gasteiger charge is -2.25. The summed E-state index contributed by atoms with van der Waals surface area (Å²) >= 11 is 1.06. The number of aromatic carboxylic acids is 1. The van der Waals surface area contributed by atoms with Gasteiger partial charge in [-0.05, 0) is 48.2 Å². The van der Waals surface area contributed by atoms with Crippen molar-refractivity contribution in [1.82, 2.24) is 5.09 Å². The third kappa shape index (κ3) is 7.12. The summed E-state index contributed by atoms with van der Waals surface area (Å²) in [4.78, 5) is 23.5. The number of halogens is 4. The van der Waals surface area contributed by atoms with Crippen molar-refractivity contribution >= 4 is 41.7 Å². The number of ether oxygens (including phenoxy) is 1. The molecule has 3 rings (SSSR count). The van der Waals surface area contributed by atoms with Crippen LogP contribution in [0.3, 0.4) is 0 Å². The number of carbonyl (C=O) groups is 2. The molecule has 0 spiro atoms. The van der Waals surface area contributed by atoms with Crippen LogP contribution in [0.5, 0.6) is 5.75 Å². The number of fused-ring (bicyclic) bond motifs is 1. The van der Waals surface area contributed by atoms with E-state index in [-0.39, 0.29) is 10.4 Å². The zero-order valence-electron chi connectivity index (χ0n) is 17.7. The SMILES string of the molecule is CC(NP(Oc1ccccc1)C(F)c1ccc2sc(C(=O)O)cc2c1)C(=O)OCCC(F)(F)F. The van der Waals surface area contributed by atoms with E-state index in [4.69, 9.17) is 4.52 Å². The molecule has 0 aliphatic carbocycles. The van der Waals surface area contributed by atoms with Gasteiger partial charge in [0.1, 0.15) is 16.7 Å². The first-order chi connectivity index (χ1) is 16.0. The van der Waals surface area contributed by atoms with Crippen molar-refractivity contribution in [2.75, 3.05) is 6.61 Å². The van der Waals surface area contributed by atoms with Gasteiger partial charge in [0.05, 0.1) is 13.0 Å². The molecule has 3 aromatic rings. The first-order valence-electron chi connectivity index (χ1n) is 9.96. The molecule has 6 nitrogen and oxygen atoms in total. The number of hydrogen-bond acceptors (Lipinski definition) is 6. The summed E-state index contributed by atoms with van der Waals surface area (Å²) in [5.41, 5.74) is 0.189. The number of alkyl halides is 4. The number of rotatable bonds is 10. The van der Waals surface area contributed by atoms with E-state index >= 15 is 4.39 Å². The van der Waals surface area contributed by atoms with Gasteiger partial charge in [0.25, 0.3) is 0 Å². The van der Waals surface area contributed by atoms with Crippen LogP contribution in [0.2, 0.25) is 0 Å². The van der Waals surface area contributed by atoms with Crippen molar-refractivity contribution in [2.24, 2.45) is 0 Å². The second-order valence-electron chi connectivity index (χ2n) is 7.16. The van der Waals surface area contributed by atoms with Crippen molar-refractivity contribution in [3.63, 3.8) is 0 Å². The first-order valence-corrected chi connectivity index (χ1v) is 12.1. The molecule has 1 aromatic heterocycles. The lowest BCUT2D eigenvalue weighted by Crippen LogP contribution is -2.34. The molecular weight excluding hydrogens is 497 g/mol. The summed E-state index contributed by atoms with van der Waals surface area (Å²) in [7, 11) is -2.20. The highest BCUT2D eigenvalue weighted by Gasteiger charge is 2.32. The topological polar surface area (TPSA) is 84.9 Å². The van der Waals surface area contributed by atoms with E-state index in [1.807, 2.05) is 0 Å². The van der Waals surface area contributed by atoms with Gasteiger partial charge in [0.2, 0.25) is 8.30 Å². The van der Waals surface area contributed by atoms with Crippen molar-refractivity contribution < 1.29 is 41.5 Å². The van der Waals surface area contributed by atoms with Gasteiger partial charge in [-0.25, -0.2) is 14.3 Å². The average Bonchev–Trinajstić information content (AvgIpc) is 3.21. The number of benzene rings is 2. The van der Waals surface area contributed by atoms with Gasteiger partial charge in [-0.3, -0.25) is 4.79 Å². The summed E-state index contributed by atoms with van der Waals surface area (Å²) in [6.45, 7) is 0.499. The molecule has 182 valence electrons. The highest BCUT2D eigenvalue weighted by Crippen LogP contribution is 2.51. The predicted molar refractivity (Wildman–Crippen MR) is 121 cm³/mol. The van der Waals surface area contributed by atoms with Gasteiger partial charge in [-0.15, -0.1) is 11.3 Å². The van der Waals surface area contributed by atoms with Gasteiger partial charge < -0.3 is 14.4 Å². The Hall–Kier alpha value is -2.75. The molecular formula is C22H20F4NO5PS. The van der Waals surface area contributed by atoms with E-state index in [0.717, 1.165) is 11.3 Å². The molecule has 0 saturated carbocycles. The molecule has 2 aromatic carbocycles. The molecule has 0 bridgehead atoms. The lowest BCUT2D eigenvalue weighted by molar-refractivity contribution is -0.160. The van der Waals surface area contributed by atoms with Gasteiger partial charge in [-0.1, -0.05) is 24.3 Å². The first kappa shape index (κ1) is 25.9. The highest BCUT2D eigenvalue weighted by atomic mass is 32.1. The summed E-state index contributed by atoms with van der Waals surface area (Å²) in [6.07, 6.45) is -5.75. The Bertz CT molecular complexity index is 1140. The molecule has 0 amide bonds. The molecule has 0 aliphatic rings. The van der Waals surface area contributed by atoms with E-state index < -0.39 is 51.4 Å². The third-order valence-corrected chi connectivity index (χ3v) is 7.35. The Morgan fingerprint density at radius 2 is 1.85 bits per heavy atom. The molecule has 2 N–H and O–H groups in total. The van der Waals surface area contributed by atoms with Crippen LogP contribution in [0.15, 0.2) is 54.6 Å². The number of esters is 1. The van der Waals surface area contributed by atoms with Crippen LogP contribution < -0.4 is 9.61 Å². The van der Waals surface area contributed by atoms with E-state index in [2.05, 4.69) is 9.82 Å². The van der Waals surface area contributed by atoms with E-state index in [0.29, 0.717) is 15.8 Å². The van der Waals surface area contributed by atoms with Crippen LogP contribution in [0.1, 0.15) is 34.5 Å². The van der Waals surface area contributed by atoms with Crippen LogP contribution in [0.25, 0.3) is 10.1 Å². The quantitative estimate of drug-likeness (QED) is 0.183. The predicted octanol–water partition coefficient (Wildman–Crippen LogP) is 6.43. The number of nitrogens with one attached hydrogen (secondary N) is 1. The van der Waals surface area contributed by atoms with Crippen molar-refractivity contribution in [1.29, 1.82) is 0 Å². The van der Waals surface area contributed by atoms with Crippen LogP contribution in [-0.4, -0.2) is 35.9 Å². The molecule has 0 saturated heterocycles. The van der Waals surface area contributed by atoms with E-state index in [9.17, 15) is 27.9 Å². The van der Waals surface area contributed by atoms with E-state index in [1.54, 1.807) is 36.4 Å². The fraction of sp³-hybridized carbons (Fsp3) is 0.273. The number of para-hydroxylation sites is 1. The van der Waals surface area contributed by atoms with Crippen molar-refractivity contribution in [2.45, 2.75) is 31.5 Å². The van der Waals surface area contributed by atoms with Crippen LogP contribution in [-0.2, 0) is 9.53 Å². The summed E-state index contributed by atoms with van der Waals surface area (Å²) in [5, 5.41) is 12.4. The van der Waals surface area contributed by atoms with Gasteiger partial charge in [0.15, 0.2) is 5.91 Å². The molecule has 34 heavy (non-hydrogen) atoms. The largest absolute Gasteiger partial charge is 0.477 e. The zero-order valence-corrected chi connectivity index (χ0v) is 19.4. The second-order valence-corrected chi connectivity index (χ2v) is 9.79. The second kappa shape index (κ2) is 11.1. The van der Waals surface area contributed by atoms with Gasteiger partial charge in [-0.2, -0.15) is 13.2 Å². The third-order valence-electron chi connectivity index (χ3n) is 4.48. The maximum atomic E-state index is 15.6. The fourth-order valence-electron chi connectivity index (χ4n) is 2.82. The van der Waals surface area contributed by atoms with Gasteiger partial charge >= 0.3 is 18.1 Å². The van der Waals surface area contributed by atoms with Gasteiger partial charge in [0, 0.05) is 4.70 Å². The molecule has 1 heterocycles. The minimum absolute atomic E-state index is 0.110. The molecule has 3 atom stereocenters. The standard InChI is InChI=1S/C22H20F4NO5PS/c1-13(21(30)31-10-9-22(24,25)26)27-33(32-16-5-3-2-4-6-16)19(23)14-7-8-17-15(11-14)12-18(34-17)20(28)29/h2-8,11-13,19,27H,9-10H2,1H3,(H,28,29). The zero-order chi connectivity index (χ0) is 24.9. The average molecular weight is 517 g/mol. The lowest BCUT2D eigenvalue weighted by atomic mass is 10.2. The highest BCUT2D eigenvalue weighted by molar-refractivity contribution is 7.51. The summed E-state index contributed by atoms with van der Waals surface area (Å²) in [6, 6.07) is 13.2. The Labute approximate surface area is 197 Å². The monoisotopic (exact) mass is 517 g/mol. The molecule has 12 heteroatoms. The Kier molecular flexibility index (Phi) is 8.46. The van der Waals surface area contributed by atoms with Crippen molar-refractivity contribution in [3.05, 3.63) is 65.0 Å². The minimum Gasteiger partial charge on any atom is -0.477 e. The number of carboxylic acid groups (broad SMARTS) is 1. The minimum atomic E-state index is -4.47. The Balaban J connectivity index is 1.78. The Morgan fingerprint density at radius 3 is 2.50 bits per heavy atom. The number of hydrogen-bond donors (Lipinski definition) is 2. The molecule has 3 unspecified atom stereocenters. The van der Waals surface area contributed by atoms with Crippen LogP contribution in [0.4, 0.5) is 17.6 Å². The molecule has 0 radical (unpaired) electrons. The normalized spacial score (nSPS) is 14.4.